The summed E-state index contributed by atoms with van der Waals surface area (Å²) in [5, 5.41) is 11.4. The van der Waals surface area contributed by atoms with Gasteiger partial charge in [0.05, 0.1) is 13.2 Å². The molecule has 220 valence electrons. The van der Waals surface area contributed by atoms with Crippen molar-refractivity contribution in [1.82, 2.24) is 26.2 Å². The van der Waals surface area contributed by atoms with Crippen LogP contribution in [0.1, 0.15) is 53.0 Å². The van der Waals surface area contributed by atoms with Crippen LogP contribution in [-0.4, -0.2) is 79.5 Å². The summed E-state index contributed by atoms with van der Waals surface area (Å²) in [6.07, 6.45) is 3.35. The number of carbonyl (C=O) groups is 4. The number of methoxy groups -OCH3 is 1. The molecule has 2 aliphatic heterocycles. The van der Waals surface area contributed by atoms with Crippen LogP contribution in [0.5, 0.6) is 11.5 Å². The fourth-order valence-electron chi connectivity index (χ4n) is 4.91. The maximum Gasteiger partial charge on any atom is 0.247 e. The second-order valence-electron chi connectivity index (χ2n) is 11.1. The van der Waals surface area contributed by atoms with Crippen molar-refractivity contribution in [3.05, 3.63) is 30.0 Å². The van der Waals surface area contributed by atoms with Crippen LogP contribution >= 0.6 is 0 Å². The van der Waals surface area contributed by atoms with Gasteiger partial charge in [-0.05, 0) is 56.5 Å². The number of likely N-dealkylation sites (N-methyl/N-ethyl adjacent to an activating group) is 1. The van der Waals surface area contributed by atoms with E-state index in [0.29, 0.717) is 29.9 Å². The molecule has 1 saturated heterocycles. The maximum absolute atomic E-state index is 13.9. The van der Waals surface area contributed by atoms with E-state index in [-0.39, 0.29) is 36.1 Å². The van der Waals surface area contributed by atoms with Crippen LogP contribution in [0.25, 0.3) is 6.08 Å². The van der Waals surface area contributed by atoms with Gasteiger partial charge in [-0.2, -0.15) is 0 Å². The van der Waals surface area contributed by atoms with E-state index in [2.05, 4.69) is 21.3 Å². The number of hydrogen-bond donors (Lipinski definition) is 4. The summed E-state index contributed by atoms with van der Waals surface area (Å²) in [6.45, 7) is 9.58. The van der Waals surface area contributed by atoms with E-state index >= 15 is 0 Å². The van der Waals surface area contributed by atoms with Crippen LogP contribution in [0.4, 0.5) is 0 Å². The first-order valence-electron chi connectivity index (χ1n) is 13.9. The van der Waals surface area contributed by atoms with E-state index in [4.69, 9.17) is 9.47 Å². The highest BCUT2D eigenvalue weighted by Gasteiger charge is 2.46. The van der Waals surface area contributed by atoms with E-state index in [1.165, 1.54) is 11.1 Å². The largest absolute Gasteiger partial charge is 0.496 e. The van der Waals surface area contributed by atoms with Gasteiger partial charge >= 0.3 is 0 Å². The molecule has 4 amide bonds. The average molecular weight is 558 g/mol. The molecule has 40 heavy (non-hydrogen) atoms. The van der Waals surface area contributed by atoms with Gasteiger partial charge in [-0.25, -0.2) is 0 Å². The lowest BCUT2D eigenvalue weighted by Gasteiger charge is -2.33. The Morgan fingerprint density at radius 1 is 1.15 bits per heavy atom. The molecule has 0 aliphatic carbocycles. The van der Waals surface area contributed by atoms with Gasteiger partial charge in [-0.3, -0.25) is 19.2 Å². The zero-order valence-corrected chi connectivity index (χ0v) is 24.4. The molecule has 0 saturated carbocycles. The highest BCUT2D eigenvalue weighted by Crippen LogP contribution is 2.30. The smallest absolute Gasteiger partial charge is 0.247 e. The molecule has 0 radical (unpaired) electrons. The van der Waals surface area contributed by atoms with E-state index in [1.807, 2.05) is 27.7 Å². The average Bonchev–Trinajstić information content (AvgIpc) is 3.33. The number of nitrogens with zero attached hydrogens (tertiary/aromatic N) is 1. The normalized spacial score (nSPS) is 23.4. The molecule has 1 aromatic carbocycles. The Morgan fingerprint density at radius 2 is 1.88 bits per heavy atom. The molecular formula is C29H43N5O6. The lowest BCUT2D eigenvalue weighted by atomic mass is 10.0. The van der Waals surface area contributed by atoms with Crippen molar-refractivity contribution in [2.75, 3.05) is 20.7 Å². The third-order valence-electron chi connectivity index (χ3n) is 7.27. The molecule has 2 heterocycles. The summed E-state index contributed by atoms with van der Waals surface area (Å²) in [7, 11) is 3.22. The Bertz CT molecular complexity index is 1120. The molecule has 1 aromatic rings. The van der Waals surface area contributed by atoms with Gasteiger partial charge in [-0.15, -0.1) is 0 Å². The van der Waals surface area contributed by atoms with Crippen molar-refractivity contribution >= 4 is 29.7 Å². The van der Waals surface area contributed by atoms with Crippen molar-refractivity contribution in [3.63, 3.8) is 0 Å². The summed E-state index contributed by atoms with van der Waals surface area (Å²) in [4.78, 5) is 55.0. The quantitative estimate of drug-likeness (QED) is 0.379. The second-order valence-corrected chi connectivity index (χ2v) is 11.1. The molecular weight excluding hydrogens is 514 g/mol. The molecule has 2 bridgehead atoms. The summed E-state index contributed by atoms with van der Waals surface area (Å²) in [5.41, 5.74) is 0.683. The SMILES string of the molecule is CNC(C)C(=O)NC(C(=O)N1CCC2Oc3ccc(OC)c(c3)/C=C\NC(=O)C(CC(C)C)NC(=O)C21)C(C)C. The summed E-state index contributed by atoms with van der Waals surface area (Å²) in [6, 6.07) is 2.09. The van der Waals surface area contributed by atoms with E-state index in [1.54, 1.807) is 45.4 Å². The van der Waals surface area contributed by atoms with E-state index in [0.717, 1.165) is 0 Å². The number of fused-ring (bicyclic) bond motifs is 3. The minimum atomic E-state index is -1.01. The minimum absolute atomic E-state index is 0.119. The van der Waals surface area contributed by atoms with Crippen LogP contribution in [0, 0.1) is 11.8 Å². The summed E-state index contributed by atoms with van der Waals surface area (Å²) < 4.78 is 11.8. The van der Waals surface area contributed by atoms with Crippen molar-refractivity contribution in [2.45, 2.75) is 77.7 Å². The lowest BCUT2D eigenvalue weighted by Crippen LogP contribution is -2.60. The molecule has 3 rings (SSSR count). The van der Waals surface area contributed by atoms with Crippen LogP contribution < -0.4 is 30.7 Å². The van der Waals surface area contributed by atoms with Gasteiger partial charge in [0.25, 0.3) is 0 Å². The first-order valence-corrected chi connectivity index (χ1v) is 13.9. The topological polar surface area (TPSA) is 138 Å². The van der Waals surface area contributed by atoms with E-state index in [9.17, 15) is 19.2 Å². The zero-order valence-electron chi connectivity index (χ0n) is 24.4. The fourth-order valence-corrected chi connectivity index (χ4v) is 4.91. The van der Waals surface area contributed by atoms with Crippen molar-refractivity contribution in [1.29, 1.82) is 0 Å². The van der Waals surface area contributed by atoms with Crippen LogP contribution in [0.15, 0.2) is 24.4 Å². The molecule has 5 atom stereocenters. The number of hydrogen-bond acceptors (Lipinski definition) is 7. The van der Waals surface area contributed by atoms with Gasteiger partial charge < -0.3 is 35.6 Å². The minimum Gasteiger partial charge on any atom is -0.496 e. The van der Waals surface area contributed by atoms with Crippen molar-refractivity contribution in [3.8, 4) is 11.5 Å². The summed E-state index contributed by atoms with van der Waals surface area (Å²) >= 11 is 0. The molecule has 1 fully saturated rings. The number of likely N-dealkylation sites (tertiary alicyclic amines) is 1. The van der Waals surface area contributed by atoms with Gasteiger partial charge in [0.1, 0.15) is 35.7 Å². The highest BCUT2D eigenvalue weighted by molar-refractivity contribution is 5.96. The van der Waals surface area contributed by atoms with Gasteiger partial charge in [0, 0.05) is 24.7 Å². The number of nitrogens with one attached hydrogen (secondary N) is 4. The van der Waals surface area contributed by atoms with Gasteiger partial charge in [0.15, 0.2) is 0 Å². The Labute approximate surface area is 236 Å². The van der Waals surface area contributed by atoms with Crippen LogP contribution in [0.2, 0.25) is 0 Å². The summed E-state index contributed by atoms with van der Waals surface area (Å²) in [5.74, 6) is -0.551. The molecule has 2 aliphatic rings. The Hall–Kier alpha value is -3.60. The monoisotopic (exact) mass is 557 g/mol. The zero-order chi connectivity index (χ0) is 29.6. The first kappa shape index (κ1) is 30.9. The van der Waals surface area contributed by atoms with Gasteiger partial charge in [0.2, 0.25) is 23.6 Å². The number of amides is 4. The third kappa shape index (κ3) is 7.32. The third-order valence-corrected chi connectivity index (χ3v) is 7.27. The highest BCUT2D eigenvalue weighted by atomic mass is 16.5. The molecule has 11 heteroatoms. The Balaban J connectivity index is 2.01. The molecule has 11 nitrogen and oxygen atoms in total. The predicted octanol–water partition coefficient (Wildman–Crippen LogP) is 1.42. The standard InChI is InChI=1S/C29H43N5O6/c1-16(2)14-21-27(36)31-12-10-19-15-20(8-9-22(19)39-7)40-23-11-13-34(25(23)28(37)32-21)29(38)24(17(3)4)33-26(35)18(5)30-6/h8-10,12,15-18,21,23-25,30H,11,13-14H2,1-7H3,(H,31,36)(H,32,37)(H,33,35)/b12-10-. The predicted molar refractivity (Wildman–Crippen MR) is 151 cm³/mol. The van der Waals surface area contributed by atoms with Gasteiger partial charge in [-0.1, -0.05) is 27.7 Å². The molecule has 4 N–H and O–H groups in total. The second kappa shape index (κ2) is 13.6. The molecule has 5 unspecified atom stereocenters. The number of rotatable bonds is 8. The molecule has 0 spiro atoms. The number of carbonyl (C=O) groups excluding carboxylic acids is 4. The Kier molecular flexibility index (Phi) is 10.6. The lowest BCUT2D eigenvalue weighted by molar-refractivity contribution is -0.144. The first-order chi connectivity index (χ1) is 19.0. The fraction of sp³-hybridized carbons (Fsp3) is 0.586. The molecule has 0 aromatic heterocycles. The Morgan fingerprint density at radius 3 is 2.50 bits per heavy atom. The van der Waals surface area contributed by atoms with Crippen LogP contribution in [-0.2, 0) is 19.2 Å². The number of ether oxygens (including phenoxy) is 2. The van der Waals surface area contributed by atoms with Crippen molar-refractivity contribution in [2.24, 2.45) is 11.8 Å². The van der Waals surface area contributed by atoms with Crippen molar-refractivity contribution < 1.29 is 28.7 Å². The van der Waals surface area contributed by atoms with E-state index < -0.39 is 36.2 Å². The van der Waals surface area contributed by atoms with Crippen LogP contribution in [0.3, 0.4) is 0 Å². The maximum atomic E-state index is 13.9. The number of benzene rings is 1.